The Hall–Kier alpha value is -1.39. The van der Waals surface area contributed by atoms with Gasteiger partial charge in [-0.2, -0.15) is 4.98 Å². The minimum atomic E-state index is -0.785. The van der Waals surface area contributed by atoms with E-state index in [1.165, 1.54) is 6.42 Å². The minimum absolute atomic E-state index is 0.324. The molecule has 0 radical (unpaired) electrons. The molecule has 112 valence electrons. The first-order valence-corrected chi connectivity index (χ1v) is 7.56. The molecule has 1 saturated carbocycles. The van der Waals surface area contributed by atoms with Crippen LogP contribution < -0.4 is 0 Å². The Morgan fingerprint density at radius 2 is 2.10 bits per heavy atom. The van der Waals surface area contributed by atoms with Gasteiger partial charge < -0.3 is 9.63 Å². The Balaban J connectivity index is 2.10. The summed E-state index contributed by atoms with van der Waals surface area (Å²) in [6.07, 6.45) is 4.87. The molecule has 0 bridgehead atoms. The first-order valence-electron chi connectivity index (χ1n) is 7.56. The van der Waals surface area contributed by atoms with Crippen molar-refractivity contribution in [2.24, 2.45) is 11.3 Å². The van der Waals surface area contributed by atoms with E-state index in [4.69, 9.17) is 4.52 Å². The molecule has 5 nitrogen and oxygen atoms in total. The summed E-state index contributed by atoms with van der Waals surface area (Å²) in [5.41, 5.74) is -0.785. The SMILES string of the molecule is CCC(CC)(Cc1nc(C2CCC(C)C2)no1)C(=O)O. The second-order valence-electron chi connectivity index (χ2n) is 6.13. The molecule has 2 rings (SSSR count). The van der Waals surface area contributed by atoms with Crippen molar-refractivity contribution in [3.05, 3.63) is 11.7 Å². The van der Waals surface area contributed by atoms with Gasteiger partial charge in [-0.1, -0.05) is 25.9 Å². The van der Waals surface area contributed by atoms with Gasteiger partial charge in [0.05, 0.1) is 5.41 Å². The predicted molar refractivity (Wildman–Crippen MR) is 74.4 cm³/mol. The fourth-order valence-electron chi connectivity index (χ4n) is 3.11. The van der Waals surface area contributed by atoms with Gasteiger partial charge in [0.25, 0.3) is 0 Å². The number of carbonyl (C=O) groups is 1. The maximum absolute atomic E-state index is 11.5. The van der Waals surface area contributed by atoms with Crippen LogP contribution in [0.25, 0.3) is 0 Å². The molecule has 0 amide bonds. The first-order chi connectivity index (χ1) is 9.50. The molecule has 1 aliphatic rings. The summed E-state index contributed by atoms with van der Waals surface area (Å²) in [4.78, 5) is 16.0. The molecular weight excluding hydrogens is 256 g/mol. The maximum atomic E-state index is 11.5. The van der Waals surface area contributed by atoms with E-state index in [0.717, 1.165) is 18.7 Å². The zero-order valence-corrected chi connectivity index (χ0v) is 12.6. The van der Waals surface area contributed by atoms with Crippen LogP contribution in [-0.2, 0) is 11.2 Å². The maximum Gasteiger partial charge on any atom is 0.310 e. The summed E-state index contributed by atoms with van der Waals surface area (Å²) in [5.74, 6) is 1.54. The van der Waals surface area contributed by atoms with Crippen molar-refractivity contribution in [2.75, 3.05) is 0 Å². The summed E-state index contributed by atoms with van der Waals surface area (Å²) >= 11 is 0. The third-order valence-electron chi connectivity index (χ3n) is 4.84. The second kappa shape index (κ2) is 5.94. The van der Waals surface area contributed by atoms with Gasteiger partial charge in [-0.15, -0.1) is 0 Å². The van der Waals surface area contributed by atoms with Crippen molar-refractivity contribution in [2.45, 2.75) is 65.2 Å². The Morgan fingerprint density at radius 1 is 1.40 bits per heavy atom. The van der Waals surface area contributed by atoms with Crippen molar-refractivity contribution in [1.82, 2.24) is 10.1 Å². The third-order valence-corrected chi connectivity index (χ3v) is 4.84. The van der Waals surface area contributed by atoms with E-state index in [1.54, 1.807) is 0 Å². The number of hydrogen-bond donors (Lipinski definition) is 1. The van der Waals surface area contributed by atoms with Gasteiger partial charge in [0, 0.05) is 12.3 Å². The summed E-state index contributed by atoms with van der Waals surface area (Å²) in [6.45, 7) is 6.03. The molecular formula is C15H24N2O3. The molecule has 2 unspecified atom stereocenters. The molecule has 5 heteroatoms. The average molecular weight is 280 g/mol. The lowest BCUT2D eigenvalue weighted by molar-refractivity contribution is -0.149. The Bertz CT molecular complexity index is 465. The highest BCUT2D eigenvalue weighted by atomic mass is 16.5. The molecule has 0 saturated heterocycles. The van der Waals surface area contributed by atoms with Gasteiger partial charge >= 0.3 is 5.97 Å². The fraction of sp³-hybridized carbons (Fsp3) is 0.800. The largest absolute Gasteiger partial charge is 0.481 e. The van der Waals surface area contributed by atoms with E-state index in [1.807, 2.05) is 13.8 Å². The van der Waals surface area contributed by atoms with Crippen molar-refractivity contribution in [1.29, 1.82) is 0 Å². The zero-order valence-electron chi connectivity index (χ0n) is 12.6. The fourth-order valence-corrected chi connectivity index (χ4v) is 3.11. The highest BCUT2D eigenvalue weighted by Crippen LogP contribution is 2.37. The third kappa shape index (κ3) is 2.86. The lowest BCUT2D eigenvalue weighted by Gasteiger charge is -2.24. The number of carboxylic acids is 1. The predicted octanol–water partition coefficient (Wildman–Crippen LogP) is 3.41. The Labute approximate surface area is 119 Å². The van der Waals surface area contributed by atoms with Gasteiger partial charge in [-0.3, -0.25) is 4.79 Å². The molecule has 2 atom stereocenters. The molecule has 1 aliphatic carbocycles. The lowest BCUT2D eigenvalue weighted by atomic mass is 9.79. The monoisotopic (exact) mass is 280 g/mol. The highest BCUT2D eigenvalue weighted by Gasteiger charge is 2.37. The Kier molecular flexibility index (Phi) is 4.45. The molecule has 1 aromatic heterocycles. The van der Waals surface area contributed by atoms with Crippen LogP contribution in [0.2, 0.25) is 0 Å². The van der Waals surface area contributed by atoms with Crippen LogP contribution >= 0.6 is 0 Å². The summed E-state index contributed by atoms with van der Waals surface area (Å²) < 4.78 is 5.30. The molecule has 0 aromatic carbocycles. The summed E-state index contributed by atoms with van der Waals surface area (Å²) in [6, 6.07) is 0. The second-order valence-corrected chi connectivity index (χ2v) is 6.13. The van der Waals surface area contributed by atoms with Gasteiger partial charge in [0.1, 0.15) is 0 Å². The lowest BCUT2D eigenvalue weighted by Crippen LogP contribution is -2.32. The van der Waals surface area contributed by atoms with Crippen LogP contribution in [0.15, 0.2) is 4.52 Å². The number of hydrogen-bond acceptors (Lipinski definition) is 4. The van der Waals surface area contributed by atoms with Gasteiger partial charge in [-0.25, -0.2) is 0 Å². The van der Waals surface area contributed by atoms with Crippen LogP contribution in [-0.4, -0.2) is 21.2 Å². The van der Waals surface area contributed by atoms with E-state index in [-0.39, 0.29) is 0 Å². The molecule has 0 aliphatic heterocycles. The molecule has 20 heavy (non-hydrogen) atoms. The van der Waals surface area contributed by atoms with E-state index in [2.05, 4.69) is 17.1 Å². The number of rotatable bonds is 6. The van der Waals surface area contributed by atoms with E-state index in [9.17, 15) is 9.90 Å². The smallest absolute Gasteiger partial charge is 0.310 e. The molecule has 1 fully saturated rings. The zero-order chi connectivity index (χ0) is 14.8. The topological polar surface area (TPSA) is 76.2 Å². The van der Waals surface area contributed by atoms with Crippen LogP contribution in [0, 0.1) is 11.3 Å². The van der Waals surface area contributed by atoms with Gasteiger partial charge in [0.15, 0.2) is 5.82 Å². The number of aromatic nitrogens is 2. The standard InChI is InChI=1S/C15H24N2O3/c1-4-15(5-2,14(18)19)9-12-16-13(17-20-12)11-7-6-10(3)8-11/h10-11H,4-9H2,1-3H3,(H,18,19). The molecule has 1 N–H and O–H groups in total. The molecule has 1 heterocycles. The molecule has 1 aromatic rings. The average Bonchev–Trinajstić information content (AvgIpc) is 3.04. The number of carboxylic acid groups (broad SMARTS) is 1. The van der Waals surface area contributed by atoms with Crippen molar-refractivity contribution in [3.8, 4) is 0 Å². The summed E-state index contributed by atoms with van der Waals surface area (Å²) in [7, 11) is 0. The van der Waals surface area contributed by atoms with Crippen LogP contribution in [0.1, 0.15) is 70.5 Å². The van der Waals surface area contributed by atoms with Crippen LogP contribution in [0.3, 0.4) is 0 Å². The normalized spacial score (nSPS) is 23.1. The van der Waals surface area contributed by atoms with Crippen molar-refractivity contribution in [3.63, 3.8) is 0 Å². The molecule has 0 spiro atoms. The van der Waals surface area contributed by atoms with E-state index in [0.29, 0.717) is 37.0 Å². The van der Waals surface area contributed by atoms with Crippen LogP contribution in [0.5, 0.6) is 0 Å². The van der Waals surface area contributed by atoms with Crippen molar-refractivity contribution < 1.29 is 14.4 Å². The van der Waals surface area contributed by atoms with Crippen LogP contribution in [0.4, 0.5) is 0 Å². The van der Waals surface area contributed by atoms with E-state index >= 15 is 0 Å². The van der Waals surface area contributed by atoms with E-state index < -0.39 is 11.4 Å². The number of nitrogens with zero attached hydrogens (tertiary/aromatic N) is 2. The minimum Gasteiger partial charge on any atom is -0.481 e. The quantitative estimate of drug-likeness (QED) is 0.864. The van der Waals surface area contributed by atoms with Gasteiger partial charge in [-0.05, 0) is 38.0 Å². The highest BCUT2D eigenvalue weighted by molar-refractivity contribution is 5.74. The summed E-state index contributed by atoms with van der Waals surface area (Å²) in [5, 5.41) is 13.5. The van der Waals surface area contributed by atoms with Gasteiger partial charge in [0.2, 0.25) is 5.89 Å². The number of aliphatic carboxylic acids is 1. The van der Waals surface area contributed by atoms with Crippen molar-refractivity contribution >= 4 is 5.97 Å². The first kappa shape index (κ1) is 15.0. The Morgan fingerprint density at radius 3 is 2.60 bits per heavy atom.